The van der Waals surface area contributed by atoms with Crippen LogP contribution in [0.1, 0.15) is 43.0 Å². The van der Waals surface area contributed by atoms with Crippen molar-refractivity contribution in [1.82, 2.24) is 4.98 Å². The molecule has 1 saturated heterocycles. The first-order chi connectivity index (χ1) is 10.7. The molecule has 4 nitrogen and oxygen atoms in total. The number of hydrogen-bond donors (Lipinski definition) is 2. The highest BCUT2D eigenvalue weighted by Crippen LogP contribution is 2.32. The van der Waals surface area contributed by atoms with Gasteiger partial charge in [0.05, 0.1) is 23.1 Å². The van der Waals surface area contributed by atoms with Gasteiger partial charge in [0.15, 0.2) is 0 Å². The summed E-state index contributed by atoms with van der Waals surface area (Å²) in [6.45, 7) is 3.80. The second-order valence-electron chi connectivity index (χ2n) is 5.85. The van der Waals surface area contributed by atoms with Crippen molar-refractivity contribution >= 4 is 11.4 Å². The predicted molar refractivity (Wildman–Crippen MR) is 89.9 cm³/mol. The zero-order valence-electron chi connectivity index (χ0n) is 13.0. The van der Waals surface area contributed by atoms with Crippen LogP contribution in [-0.4, -0.2) is 18.2 Å². The molecule has 3 rings (SSSR count). The van der Waals surface area contributed by atoms with Crippen LogP contribution in [0.5, 0.6) is 0 Å². The average molecular weight is 297 g/mol. The van der Waals surface area contributed by atoms with Gasteiger partial charge in [-0.3, -0.25) is 4.98 Å². The number of anilines is 2. The fourth-order valence-electron chi connectivity index (χ4n) is 2.92. The van der Waals surface area contributed by atoms with Crippen LogP contribution < -0.4 is 11.1 Å². The van der Waals surface area contributed by atoms with Crippen molar-refractivity contribution in [3.05, 3.63) is 53.9 Å². The number of pyridine rings is 1. The molecule has 0 amide bonds. The van der Waals surface area contributed by atoms with E-state index >= 15 is 0 Å². The Morgan fingerprint density at radius 2 is 2.05 bits per heavy atom. The second-order valence-corrected chi connectivity index (χ2v) is 5.85. The molecule has 1 aromatic heterocycles. The van der Waals surface area contributed by atoms with Crippen molar-refractivity contribution in [2.45, 2.75) is 31.7 Å². The normalized spacial score (nSPS) is 17.1. The number of benzene rings is 1. The number of nitrogens with two attached hydrogens (primary N) is 1. The number of nitrogens with one attached hydrogen (secondary N) is 1. The summed E-state index contributed by atoms with van der Waals surface area (Å²) in [6.07, 6.45) is 3.98. The van der Waals surface area contributed by atoms with Gasteiger partial charge in [0.25, 0.3) is 0 Å². The average Bonchev–Trinajstić information content (AvgIpc) is 2.58. The fourth-order valence-corrected chi connectivity index (χ4v) is 2.92. The molecule has 3 N–H and O–H groups in total. The third-order valence-electron chi connectivity index (χ3n) is 4.27. The van der Waals surface area contributed by atoms with Gasteiger partial charge in [-0.2, -0.15) is 0 Å². The lowest BCUT2D eigenvalue weighted by atomic mass is 9.91. The Hall–Kier alpha value is -2.07. The largest absolute Gasteiger partial charge is 0.397 e. The monoisotopic (exact) mass is 297 g/mol. The summed E-state index contributed by atoms with van der Waals surface area (Å²) in [5, 5.41) is 3.49. The summed E-state index contributed by atoms with van der Waals surface area (Å²) in [5.41, 5.74) is 10.3. The summed E-state index contributed by atoms with van der Waals surface area (Å²) in [4.78, 5) is 4.40. The first-order valence-electron chi connectivity index (χ1n) is 7.88. The molecule has 1 fully saturated rings. The van der Waals surface area contributed by atoms with E-state index in [9.17, 15) is 0 Å². The van der Waals surface area contributed by atoms with Crippen LogP contribution >= 0.6 is 0 Å². The molecular weight excluding hydrogens is 274 g/mol. The molecule has 22 heavy (non-hydrogen) atoms. The predicted octanol–water partition coefficient (Wildman–Crippen LogP) is 3.73. The van der Waals surface area contributed by atoms with Crippen molar-refractivity contribution in [3.63, 3.8) is 0 Å². The number of hydrogen-bond acceptors (Lipinski definition) is 4. The molecule has 0 bridgehead atoms. The summed E-state index contributed by atoms with van der Waals surface area (Å²) in [5.74, 6) is 0.569. The second kappa shape index (κ2) is 6.79. The zero-order chi connectivity index (χ0) is 15.4. The van der Waals surface area contributed by atoms with E-state index in [1.54, 1.807) is 0 Å². The molecule has 116 valence electrons. The smallest absolute Gasteiger partial charge is 0.0657 e. The number of nitrogens with zero attached hydrogens (tertiary/aromatic N) is 1. The molecule has 1 atom stereocenters. The quantitative estimate of drug-likeness (QED) is 0.844. The maximum absolute atomic E-state index is 6.14. The Balaban J connectivity index is 1.77. The first-order valence-corrected chi connectivity index (χ1v) is 7.88. The number of rotatable bonds is 4. The van der Waals surface area contributed by atoms with Gasteiger partial charge < -0.3 is 15.8 Å². The van der Waals surface area contributed by atoms with Crippen LogP contribution in [0.15, 0.2) is 42.6 Å². The Morgan fingerprint density at radius 3 is 2.77 bits per heavy atom. The minimum atomic E-state index is 0.119. The van der Waals surface area contributed by atoms with E-state index in [2.05, 4.69) is 29.4 Å². The molecular formula is C18H23N3O. The van der Waals surface area contributed by atoms with Gasteiger partial charge in [-0.15, -0.1) is 0 Å². The SMILES string of the molecule is C[C@H](Nc1cc(C2CCOCC2)ccc1N)c1ccccn1. The van der Waals surface area contributed by atoms with E-state index in [0.29, 0.717) is 5.92 Å². The lowest BCUT2D eigenvalue weighted by Gasteiger charge is -2.24. The molecule has 0 aliphatic carbocycles. The van der Waals surface area contributed by atoms with Gasteiger partial charge in [-0.05, 0) is 55.5 Å². The Labute approximate surface area is 131 Å². The van der Waals surface area contributed by atoms with E-state index in [4.69, 9.17) is 10.5 Å². The minimum Gasteiger partial charge on any atom is -0.397 e. The van der Waals surface area contributed by atoms with Crippen molar-refractivity contribution < 1.29 is 4.74 Å². The molecule has 1 aromatic carbocycles. The summed E-state index contributed by atoms with van der Waals surface area (Å²) < 4.78 is 5.45. The third kappa shape index (κ3) is 3.39. The lowest BCUT2D eigenvalue weighted by molar-refractivity contribution is 0.0853. The fraction of sp³-hybridized carbons (Fsp3) is 0.389. The van der Waals surface area contributed by atoms with Gasteiger partial charge in [0, 0.05) is 19.4 Å². The van der Waals surface area contributed by atoms with E-state index < -0.39 is 0 Å². The standard InChI is InChI=1S/C18H23N3O/c1-13(17-4-2-3-9-20-17)21-18-12-15(5-6-16(18)19)14-7-10-22-11-8-14/h2-6,9,12-14,21H,7-8,10-11,19H2,1H3/t13-/m0/s1. The molecule has 0 saturated carbocycles. The molecule has 0 spiro atoms. The highest BCUT2D eigenvalue weighted by atomic mass is 16.5. The van der Waals surface area contributed by atoms with Crippen molar-refractivity contribution in [1.29, 1.82) is 0 Å². The van der Waals surface area contributed by atoms with E-state index in [0.717, 1.165) is 43.1 Å². The van der Waals surface area contributed by atoms with Crippen LogP contribution in [0.3, 0.4) is 0 Å². The molecule has 0 unspecified atom stereocenters. The van der Waals surface area contributed by atoms with Gasteiger partial charge in [-0.25, -0.2) is 0 Å². The van der Waals surface area contributed by atoms with Gasteiger partial charge >= 0.3 is 0 Å². The lowest BCUT2D eigenvalue weighted by Crippen LogP contribution is -2.15. The van der Waals surface area contributed by atoms with Crippen LogP contribution in [0.4, 0.5) is 11.4 Å². The summed E-state index contributed by atoms with van der Waals surface area (Å²) in [6, 6.07) is 12.4. The molecule has 1 aliphatic heterocycles. The Morgan fingerprint density at radius 1 is 1.23 bits per heavy atom. The van der Waals surface area contributed by atoms with Crippen molar-refractivity contribution in [3.8, 4) is 0 Å². The molecule has 2 aromatic rings. The molecule has 2 heterocycles. The van der Waals surface area contributed by atoms with Crippen molar-refractivity contribution in [2.24, 2.45) is 0 Å². The number of nitrogen functional groups attached to an aromatic ring is 1. The minimum absolute atomic E-state index is 0.119. The zero-order valence-corrected chi connectivity index (χ0v) is 13.0. The maximum Gasteiger partial charge on any atom is 0.0657 e. The van der Waals surface area contributed by atoms with Gasteiger partial charge in [0.2, 0.25) is 0 Å². The summed E-state index contributed by atoms with van der Waals surface area (Å²) in [7, 11) is 0. The van der Waals surface area contributed by atoms with E-state index in [1.165, 1.54) is 5.56 Å². The first kappa shape index (κ1) is 14.9. The number of aromatic nitrogens is 1. The van der Waals surface area contributed by atoms with Crippen LogP contribution in [-0.2, 0) is 4.74 Å². The molecule has 0 radical (unpaired) electrons. The molecule has 4 heteroatoms. The Kier molecular flexibility index (Phi) is 4.59. The van der Waals surface area contributed by atoms with Crippen LogP contribution in [0.2, 0.25) is 0 Å². The highest BCUT2D eigenvalue weighted by molar-refractivity contribution is 5.67. The highest BCUT2D eigenvalue weighted by Gasteiger charge is 2.17. The van der Waals surface area contributed by atoms with Gasteiger partial charge in [0.1, 0.15) is 0 Å². The number of ether oxygens (including phenoxy) is 1. The maximum atomic E-state index is 6.14. The van der Waals surface area contributed by atoms with E-state index in [-0.39, 0.29) is 6.04 Å². The third-order valence-corrected chi connectivity index (χ3v) is 4.27. The van der Waals surface area contributed by atoms with Gasteiger partial charge in [-0.1, -0.05) is 12.1 Å². The topological polar surface area (TPSA) is 60.2 Å². The van der Waals surface area contributed by atoms with Crippen LogP contribution in [0.25, 0.3) is 0 Å². The van der Waals surface area contributed by atoms with E-state index in [1.807, 2.05) is 30.5 Å². The Bertz CT molecular complexity index is 609. The molecule has 1 aliphatic rings. The van der Waals surface area contributed by atoms with Crippen molar-refractivity contribution in [2.75, 3.05) is 24.3 Å². The summed E-state index contributed by atoms with van der Waals surface area (Å²) >= 11 is 0. The van der Waals surface area contributed by atoms with Crippen LogP contribution in [0, 0.1) is 0 Å².